The summed E-state index contributed by atoms with van der Waals surface area (Å²) in [6, 6.07) is -0.0142. The normalized spacial score (nSPS) is 26.4. The van der Waals surface area contributed by atoms with Gasteiger partial charge in [0.15, 0.2) is 0 Å². The first-order valence-corrected chi connectivity index (χ1v) is 8.01. The lowest BCUT2D eigenvalue weighted by atomic mass is 9.95. The fourth-order valence-electron chi connectivity index (χ4n) is 2.56. The molecular weight excluding hydrogens is 276 g/mol. The molecule has 1 aromatic rings. The highest BCUT2D eigenvalue weighted by Gasteiger charge is 2.47. The van der Waals surface area contributed by atoms with Gasteiger partial charge in [-0.15, -0.1) is 0 Å². The maximum atomic E-state index is 11.2. The third-order valence-electron chi connectivity index (χ3n) is 3.21. The third kappa shape index (κ3) is 2.55. The van der Waals surface area contributed by atoms with Crippen LogP contribution >= 0.6 is 10.7 Å². The number of ether oxygens (including phenoxy) is 1. The van der Waals surface area contributed by atoms with Crippen LogP contribution in [-0.4, -0.2) is 29.4 Å². The lowest BCUT2D eigenvalue weighted by Gasteiger charge is -2.27. The van der Waals surface area contributed by atoms with E-state index in [0.717, 1.165) is 6.42 Å². The lowest BCUT2D eigenvalue weighted by molar-refractivity contribution is -0.0737. The number of hydrogen-bond donors (Lipinski definition) is 0. The maximum Gasteiger partial charge on any atom is 0.264 e. The van der Waals surface area contributed by atoms with Crippen molar-refractivity contribution in [2.24, 2.45) is 0 Å². The van der Waals surface area contributed by atoms with E-state index in [1.54, 1.807) is 4.68 Å². The Hall–Kier alpha value is -0.590. The standard InChI is InChI=1S/C11H17ClN2O3S/c1-10(2)5-9(11(3,4)17-10)14-7-8(6-13-14)18(12,15)16/h6-7,9H,5H2,1-4H3. The molecule has 0 amide bonds. The maximum absolute atomic E-state index is 11.2. The average Bonchev–Trinajstić information content (AvgIpc) is 2.65. The summed E-state index contributed by atoms with van der Waals surface area (Å²) in [5.74, 6) is 0. The minimum atomic E-state index is -3.73. The van der Waals surface area contributed by atoms with Crippen molar-refractivity contribution in [3.05, 3.63) is 12.4 Å². The number of halogens is 1. The molecule has 5 nitrogen and oxygen atoms in total. The van der Waals surface area contributed by atoms with Gasteiger partial charge in [-0.2, -0.15) is 5.10 Å². The van der Waals surface area contributed by atoms with Crippen LogP contribution in [0.4, 0.5) is 0 Å². The fraction of sp³-hybridized carbons (Fsp3) is 0.727. The van der Waals surface area contributed by atoms with Gasteiger partial charge in [-0.05, 0) is 27.7 Å². The van der Waals surface area contributed by atoms with E-state index in [0.29, 0.717) is 0 Å². The minimum absolute atomic E-state index is 0.0142. The first kappa shape index (κ1) is 13.8. The lowest BCUT2D eigenvalue weighted by Crippen LogP contribution is -2.31. The Kier molecular flexibility index (Phi) is 3.04. The zero-order valence-electron chi connectivity index (χ0n) is 10.8. The highest BCUT2D eigenvalue weighted by atomic mass is 35.7. The van der Waals surface area contributed by atoms with Crippen molar-refractivity contribution in [2.45, 2.75) is 56.3 Å². The van der Waals surface area contributed by atoms with E-state index in [4.69, 9.17) is 15.4 Å². The number of rotatable bonds is 2. The number of nitrogens with zero attached hydrogens (tertiary/aromatic N) is 2. The van der Waals surface area contributed by atoms with Crippen LogP contribution in [0.2, 0.25) is 0 Å². The van der Waals surface area contributed by atoms with Gasteiger partial charge in [-0.1, -0.05) is 0 Å². The molecule has 0 bridgehead atoms. The predicted molar refractivity (Wildman–Crippen MR) is 68.2 cm³/mol. The molecule has 0 N–H and O–H groups in total. The number of hydrogen-bond acceptors (Lipinski definition) is 4. The van der Waals surface area contributed by atoms with E-state index >= 15 is 0 Å². The molecule has 1 saturated heterocycles. The van der Waals surface area contributed by atoms with Crippen molar-refractivity contribution >= 4 is 19.7 Å². The predicted octanol–water partition coefficient (Wildman–Crippen LogP) is 2.33. The molecule has 18 heavy (non-hydrogen) atoms. The van der Waals surface area contributed by atoms with Gasteiger partial charge in [-0.25, -0.2) is 8.42 Å². The van der Waals surface area contributed by atoms with Gasteiger partial charge in [0, 0.05) is 23.3 Å². The summed E-state index contributed by atoms with van der Waals surface area (Å²) >= 11 is 0. The van der Waals surface area contributed by atoms with Crippen LogP contribution in [0.1, 0.15) is 40.2 Å². The van der Waals surface area contributed by atoms with Crippen molar-refractivity contribution in [1.82, 2.24) is 9.78 Å². The van der Waals surface area contributed by atoms with E-state index in [-0.39, 0.29) is 16.5 Å². The van der Waals surface area contributed by atoms with Crippen molar-refractivity contribution in [3.63, 3.8) is 0 Å². The molecule has 0 radical (unpaired) electrons. The Balaban J connectivity index is 2.36. The third-order valence-corrected chi connectivity index (χ3v) is 4.51. The zero-order valence-corrected chi connectivity index (χ0v) is 12.4. The second-order valence-electron chi connectivity index (χ2n) is 5.78. The van der Waals surface area contributed by atoms with Crippen molar-refractivity contribution < 1.29 is 13.2 Å². The number of aromatic nitrogens is 2. The SMILES string of the molecule is CC1(C)CC(n2cc(S(=O)(=O)Cl)cn2)C(C)(C)O1. The molecule has 1 atom stereocenters. The summed E-state index contributed by atoms with van der Waals surface area (Å²) in [5, 5.41) is 4.10. The Bertz CT molecular complexity index is 563. The molecule has 2 heterocycles. The molecule has 102 valence electrons. The van der Waals surface area contributed by atoms with Crippen molar-refractivity contribution in [1.29, 1.82) is 0 Å². The van der Waals surface area contributed by atoms with E-state index in [1.807, 2.05) is 27.7 Å². The second kappa shape index (κ2) is 3.95. The van der Waals surface area contributed by atoms with Crippen LogP contribution in [0.5, 0.6) is 0 Å². The summed E-state index contributed by atoms with van der Waals surface area (Å²) in [6.07, 6.45) is 3.49. The van der Waals surface area contributed by atoms with Crippen LogP contribution in [0.25, 0.3) is 0 Å². The molecule has 0 spiro atoms. The smallest absolute Gasteiger partial charge is 0.264 e. The van der Waals surface area contributed by atoms with Gasteiger partial charge >= 0.3 is 0 Å². The molecule has 1 unspecified atom stereocenters. The molecule has 1 aliphatic rings. The van der Waals surface area contributed by atoms with Gasteiger partial charge in [0.25, 0.3) is 9.05 Å². The summed E-state index contributed by atoms with van der Waals surface area (Å²) in [4.78, 5) is 0.0182. The van der Waals surface area contributed by atoms with E-state index in [2.05, 4.69) is 5.10 Å². The zero-order chi connectivity index (χ0) is 13.8. The molecule has 1 aromatic heterocycles. The van der Waals surface area contributed by atoms with Gasteiger partial charge in [0.1, 0.15) is 4.90 Å². The summed E-state index contributed by atoms with van der Waals surface area (Å²) in [6.45, 7) is 7.97. The van der Waals surface area contributed by atoms with E-state index in [1.165, 1.54) is 12.4 Å². The Morgan fingerprint density at radius 3 is 2.44 bits per heavy atom. The van der Waals surface area contributed by atoms with E-state index < -0.39 is 14.7 Å². The van der Waals surface area contributed by atoms with Crippen LogP contribution < -0.4 is 0 Å². The molecule has 1 fully saturated rings. The summed E-state index contributed by atoms with van der Waals surface area (Å²) in [5.41, 5.74) is -0.650. The second-order valence-corrected chi connectivity index (χ2v) is 8.34. The molecule has 1 aliphatic heterocycles. The summed E-state index contributed by atoms with van der Waals surface area (Å²) in [7, 11) is 1.56. The quantitative estimate of drug-likeness (QED) is 0.785. The largest absolute Gasteiger partial charge is 0.367 e. The Morgan fingerprint density at radius 2 is 2.06 bits per heavy atom. The molecule has 0 aliphatic carbocycles. The van der Waals surface area contributed by atoms with Crippen LogP contribution in [0.3, 0.4) is 0 Å². The highest BCUT2D eigenvalue weighted by Crippen LogP contribution is 2.44. The van der Waals surface area contributed by atoms with E-state index in [9.17, 15) is 8.42 Å². The average molecular weight is 293 g/mol. The summed E-state index contributed by atoms with van der Waals surface area (Å²) < 4.78 is 30.0. The molecule has 0 saturated carbocycles. The molecular formula is C11H17ClN2O3S. The van der Waals surface area contributed by atoms with Crippen molar-refractivity contribution in [2.75, 3.05) is 0 Å². The first-order valence-electron chi connectivity index (χ1n) is 5.70. The molecule has 0 aromatic carbocycles. The Labute approximate surface area is 111 Å². The molecule has 7 heteroatoms. The topological polar surface area (TPSA) is 61.2 Å². The first-order chi connectivity index (χ1) is 8.01. The molecule has 2 rings (SSSR count). The van der Waals surface area contributed by atoms with Crippen LogP contribution in [0.15, 0.2) is 17.3 Å². The Morgan fingerprint density at radius 1 is 1.44 bits per heavy atom. The van der Waals surface area contributed by atoms with Crippen molar-refractivity contribution in [3.8, 4) is 0 Å². The monoisotopic (exact) mass is 292 g/mol. The van der Waals surface area contributed by atoms with Crippen LogP contribution in [0, 0.1) is 0 Å². The van der Waals surface area contributed by atoms with Gasteiger partial charge in [0.05, 0.1) is 23.4 Å². The highest BCUT2D eigenvalue weighted by molar-refractivity contribution is 8.13. The fourth-order valence-corrected chi connectivity index (χ4v) is 3.21. The van der Waals surface area contributed by atoms with Gasteiger partial charge in [-0.3, -0.25) is 4.68 Å². The van der Waals surface area contributed by atoms with Gasteiger partial charge in [0.2, 0.25) is 0 Å². The van der Waals surface area contributed by atoms with Crippen LogP contribution in [-0.2, 0) is 13.8 Å². The minimum Gasteiger partial charge on any atom is -0.367 e. The van der Waals surface area contributed by atoms with Gasteiger partial charge < -0.3 is 4.74 Å².